The Morgan fingerprint density at radius 1 is 1.21 bits per heavy atom. The summed E-state index contributed by atoms with van der Waals surface area (Å²) in [7, 11) is 0. The van der Waals surface area contributed by atoms with Gasteiger partial charge in [-0.3, -0.25) is 9.78 Å². The van der Waals surface area contributed by atoms with Gasteiger partial charge < -0.3 is 10.4 Å². The van der Waals surface area contributed by atoms with E-state index in [-0.39, 0.29) is 22.1 Å². The smallest absolute Gasteiger partial charge is 0.337 e. The van der Waals surface area contributed by atoms with Crippen molar-refractivity contribution >= 4 is 29.2 Å². The van der Waals surface area contributed by atoms with Crippen LogP contribution in [0.4, 0.5) is 5.69 Å². The molecule has 0 bridgehead atoms. The lowest BCUT2D eigenvalue weighted by Gasteiger charge is -2.04. The summed E-state index contributed by atoms with van der Waals surface area (Å²) < 4.78 is 0. The molecule has 2 aromatic heterocycles. The second kappa shape index (κ2) is 5.40. The Balaban J connectivity index is 2.17. The number of carbonyl (C=O) groups is 2. The summed E-state index contributed by atoms with van der Waals surface area (Å²) in [5, 5.41) is 18.6. The van der Waals surface area contributed by atoms with E-state index in [4.69, 9.17) is 16.7 Å². The highest BCUT2D eigenvalue weighted by molar-refractivity contribution is 6.29. The molecule has 1 amide bonds. The minimum atomic E-state index is -1.13. The van der Waals surface area contributed by atoms with Crippen molar-refractivity contribution in [2.24, 2.45) is 0 Å². The summed E-state index contributed by atoms with van der Waals surface area (Å²) in [4.78, 5) is 26.2. The van der Waals surface area contributed by atoms with E-state index in [2.05, 4.69) is 20.5 Å². The van der Waals surface area contributed by atoms with Crippen molar-refractivity contribution in [1.29, 1.82) is 0 Å². The lowest BCUT2D eigenvalue weighted by Crippen LogP contribution is -2.14. The van der Waals surface area contributed by atoms with Gasteiger partial charge in [0.2, 0.25) is 0 Å². The number of nitrogens with zero attached hydrogens (tertiary/aromatic N) is 3. The molecule has 0 aliphatic carbocycles. The third-order valence-corrected chi connectivity index (χ3v) is 2.31. The Labute approximate surface area is 112 Å². The van der Waals surface area contributed by atoms with Crippen LogP contribution in [0.5, 0.6) is 0 Å². The number of aromatic carboxylic acids is 1. The molecule has 0 spiro atoms. The third kappa shape index (κ3) is 3.23. The first-order valence-electron chi connectivity index (χ1n) is 5.05. The Morgan fingerprint density at radius 2 is 2.00 bits per heavy atom. The molecule has 0 saturated carbocycles. The summed E-state index contributed by atoms with van der Waals surface area (Å²) in [5.41, 5.74) is 0.284. The zero-order valence-corrected chi connectivity index (χ0v) is 10.1. The predicted molar refractivity (Wildman–Crippen MR) is 66.2 cm³/mol. The van der Waals surface area contributed by atoms with E-state index in [1.54, 1.807) is 0 Å². The molecule has 0 saturated heterocycles. The Morgan fingerprint density at radius 3 is 2.63 bits per heavy atom. The van der Waals surface area contributed by atoms with Gasteiger partial charge in [-0.2, -0.15) is 0 Å². The normalized spacial score (nSPS) is 9.95. The van der Waals surface area contributed by atoms with Crippen LogP contribution in [-0.2, 0) is 0 Å². The largest absolute Gasteiger partial charge is 0.478 e. The first-order valence-corrected chi connectivity index (χ1v) is 5.43. The molecule has 8 heteroatoms. The highest BCUT2D eigenvalue weighted by atomic mass is 35.5. The van der Waals surface area contributed by atoms with Crippen LogP contribution in [0.15, 0.2) is 30.6 Å². The van der Waals surface area contributed by atoms with Gasteiger partial charge in [0.05, 0.1) is 17.4 Å². The van der Waals surface area contributed by atoms with Crippen molar-refractivity contribution in [3.63, 3.8) is 0 Å². The molecular weight excluding hydrogens is 272 g/mol. The number of pyridine rings is 1. The lowest BCUT2D eigenvalue weighted by molar-refractivity contribution is 0.0696. The number of hydrogen-bond donors (Lipinski definition) is 2. The van der Waals surface area contributed by atoms with Crippen molar-refractivity contribution < 1.29 is 14.7 Å². The number of carboxylic acid groups (broad SMARTS) is 1. The molecule has 2 aromatic rings. The fourth-order valence-corrected chi connectivity index (χ4v) is 1.36. The van der Waals surface area contributed by atoms with Gasteiger partial charge >= 0.3 is 5.97 Å². The fourth-order valence-electron chi connectivity index (χ4n) is 1.26. The van der Waals surface area contributed by atoms with E-state index in [0.29, 0.717) is 0 Å². The van der Waals surface area contributed by atoms with Crippen molar-refractivity contribution in [2.75, 3.05) is 5.32 Å². The van der Waals surface area contributed by atoms with Gasteiger partial charge in [-0.25, -0.2) is 4.79 Å². The molecule has 19 heavy (non-hydrogen) atoms. The number of anilines is 1. The molecule has 0 radical (unpaired) electrons. The van der Waals surface area contributed by atoms with Gasteiger partial charge in [0.1, 0.15) is 0 Å². The van der Waals surface area contributed by atoms with Crippen molar-refractivity contribution in [3.8, 4) is 0 Å². The van der Waals surface area contributed by atoms with Crippen LogP contribution in [0.3, 0.4) is 0 Å². The number of aromatic nitrogens is 3. The number of amides is 1. The molecule has 0 fully saturated rings. The van der Waals surface area contributed by atoms with Crippen LogP contribution in [0, 0.1) is 0 Å². The summed E-state index contributed by atoms with van der Waals surface area (Å²) in [6, 6.07) is 4.12. The van der Waals surface area contributed by atoms with E-state index < -0.39 is 11.9 Å². The Hall–Kier alpha value is -2.54. The number of rotatable bonds is 3. The quantitative estimate of drug-likeness (QED) is 0.881. The Kier molecular flexibility index (Phi) is 3.67. The van der Waals surface area contributed by atoms with E-state index in [0.717, 1.165) is 0 Å². The highest BCUT2D eigenvalue weighted by Gasteiger charge is 2.10. The van der Waals surface area contributed by atoms with Gasteiger partial charge in [0, 0.05) is 6.20 Å². The van der Waals surface area contributed by atoms with Gasteiger partial charge in [-0.1, -0.05) is 11.6 Å². The Bertz CT molecular complexity index is 630. The summed E-state index contributed by atoms with van der Waals surface area (Å²) in [5.74, 6) is -1.66. The van der Waals surface area contributed by atoms with Crippen LogP contribution in [0.2, 0.25) is 5.15 Å². The number of hydrogen-bond acceptors (Lipinski definition) is 5. The van der Waals surface area contributed by atoms with Crippen LogP contribution in [-0.4, -0.2) is 32.2 Å². The summed E-state index contributed by atoms with van der Waals surface area (Å²) in [6.07, 6.45) is 2.51. The second-order valence-electron chi connectivity index (χ2n) is 3.46. The predicted octanol–water partition coefficient (Wildman–Crippen LogP) is 1.48. The zero-order valence-electron chi connectivity index (χ0n) is 9.37. The van der Waals surface area contributed by atoms with Crippen LogP contribution < -0.4 is 5.32 Å². The van der Waals surface area contributed by atoms with Crippen molar-refractivity contribution in [2.45, 2.75) is 0 Å². The number of nitrogens with one attached hydrogen (secondary N) is 1. The molecule has 2 N–H and O–H groups in total. The standard InChI is InChI=1S/C11H7ClN4O3/c12-9-2-1-8(15-16-9)10(17)14-7-3-6(11(18)19)4-13-5-7/h1-5H,(H,14,17)(H,18,19). The molecule has 0 unspecified atom stereocenters. The number of carbonyl (C=O) groups excluding carboxylic acids is 1. The van der Waals surface area contributed by atoms with E-state index in [9.17, 15) is 9.59 Å². The lowest BCUT2D eigenvalue weighted by atomic mass is 10.2. The van der Waals surface area contributed by atoms with Crippen LogP contribution in [0.25, 0.3) is 0 Å². The molecular formula is C11H7ClN4O3. The minimum Gasteiger partial charge on any atom is -0.478 e. The molecule has 0 aliphatic rings. The molecule has 0 aliphatic heterocycles. The second-order valence-corrected chi connectivity index (χ2v) is 3.85. The number of carboxylic acids is 1. The first-order chi connectivity index (χ1) is 9.06. The summed E-state index contributed by atoms with van der Waals surface area (Å²) in [6.45, 7) is 0. The van der Waals surface area contributed by atoms with Gasteiger partial charge in [-0.15, -0.1) is 10.2 Å². The van der Waals surface area contributed by atoms with Gasteiger partial charge in [-0.05, 0) is 18.2 Å². The summed E-state index contributed by atoms with van der Waals surface area (Å²) >= 11 is 5.55. The average molecular weight is 279 g/mol. The van der Waals surface area contributed by atoms with E-state index >= 15 is 0 Å². The van der Waals surface area contributed by atoms with Gasteiger partial charge in [0.25, 0.3) is 5.91 Å². The first kappa shape index (κ1) is 12.9. The van der Waals surface area contributed by atoms with E-state index in [1.165, 1.54) is 30.6 Å². The molecule has 2 heterocycles. The minimum absolute atomic E-state index is 0.0278. The topological polar surface area (TPSA) is 105 Å². The average Bonchev–Trinajstić information content (AvgIpc) is 2.39. The van der Waals surface area contributed by atoms with Crippen LogP contribution >= 0.6 is 11.6 Å². The van der Waals surface area contributed by atoms with E-state index in [1.807, 2.05) is 0 Å². The maximum Gasteiger partial charge on any atom is 0.337 e. The zero-order chi connectivity index (χ0) is 13.8. The van der Waals surface area contributed by atoms with Crippen molar-refractivity contribution in [1.82, 2.24) is 15.2 Å². The molecule has 96 valence electrons. The molecule has 7 nitrogen and oxygen atoms in total. The number of halogens is 1. The van der Waals surface area contributed by atoms with Gasteiger partial charge in [0.15, 0.2) is 10.8 Å². The highest BCUT2D eigenvalue weighted by Crippen LogP contribution is 2.10. The van der Waals surface area contributed by atoms with Crippen LogP contribution in [0.1, 0.15) is 20.8 Å². The van der Waals surface area contributed by atoms with Crippen molar-refractivity contribution in [3.05, 3.63) is 47.0 Å². The third-order valence-electron chi connectivity index (χ3n) is 2.11. The molecule has 0 aromatic carbocycles. The maximum atomic E-state index is 11.8. The molecule has 0 atom stereocenters. The maximum absolute atomic E-state index is 11.8. The SMILES string of the molecule is O=C(O)c1cncc(NC(=O)c2ccc(Cl)nn2)c1. The molecule has 2 rings (SSSR count). The fraction of sp³-hybridized carbons (Fsp3) is 0. The monoisotopic (exact) mass is 278 g/mol.